The SMILES string of the molecule is CC[C@H](C)CNC1O[C@H]2CC3C4CCC5CC(NCC(N)Cc6ccc(Cl)cc6)CCC5(C)C4CCC3(C)C2C1C. The van der Waals surface area contributed by atoms with Crippen molar-refractivity contribution in [3.8, 4) is 0 Å². The molecule has 6 rings (SSSR count). The van der Waals surface area contributed by atoms with Gasteiger partial charge in [0.15, 0.2) is 0 Å². The van der Waals surface area contributed by atoms with E-state index in [0.717, 1.165) is 60.0 Å². The summed E-state index contributed by atoms with van der Waals surface area (Å²) in [5.74, 6) is 5.59. The standard InChI is InChI=1S/C36H58ClN3O/c1-6-22(2)20-40-34-23(3)33-32(41-34)19-31-29-12-9-25-18-28(13-15-35(25,4)30(29)14-16-36(31,33)5)39-21-27(38)17-24-7-10-26(37)11-8-24/h7-8,10-11,22-23,25,27-34,39-40H,6,9,12-21,38H2,1-5H3/t22-,23?,25?,27?,28?,29?,30?,31?,32-,33?,34?,35?,36?/m0/s1. The normalized spacial score (nSPS) is 44.9. The predicted molar refractivity (Wildman–Crippen MR) is 171 cm³/mol. The highest BCUT2D eigenvalue weighted by atomic mass is 35.5. The second-order valence-electron chi connectivity index (χ2n) is 15.8. The minimum atomic E-state index is 0.146. The van der Waals surface area contributed by atoms with Crippen LogP contribution < -0.4 is 16.4 Å². The lowest BCUT2D eigenvalue weighted by molar-refractivity contribution is -0.119. The number of fused-ring (bicyclic) bond motifs is 7. The molecule has 4 saturated carbocycles. The van der Waals surface area contributed by atoms with E-state index in [-0.39, 0.29) is 12.3 Å². The molecule has 5 heteroatoms. The van der Waals surface area contributed by atoms with Crippen LogP contribution in [0.15, 0.2) is 24.3 Å². The van der Waals surface area contributed by atoms with E-state index in [2.05, 4.69) is 57.4 Å². The minimum absolute atomic E-state index is 0.146. The van der Waals surface area contributed by atoms with Crippen molar-refractivity contribution in [3.05, 3.63) is 34.9 Å². The van der Waals surface area contributed by atoms with E-state index in [0.29, 0.717) is 28.9 Å². The molecule has 11 unspecified atom stereocenters. The highest BCUT2D eigenvalue weighted by Gasteiger charge is 2.65. The topological polar surface area (TPSA) is 59.3 Å². The smallest absolute Gasteiger partial charge is 0.111 e. The summed E-state index contributed by atoms with van der Waals surface area (Å²) in [4.78, 5) is 0. The molecule has 4 nitrogen and oxygen atoms in total. The van der Waals surface area contributed by atoms with Gasteiger partial charge >= 0.3 is 0 Å². The van der Waals surface area contributed by atoms with Crippen LogP contribution >= 0.6 is 11.6 Å². The van der Waals surface area contributed by atoms with Crippen LogP contribution in [0.2, 0.25) is 5.02 Å². The fourth-order valence-electron chi connectivity index (χ4n) is 11.1. The molecule has 1 saturated heterocycles. The summed E-state index contributed by atoms with van der Waals surface area (Å²) in [5.41, 5.74) is 8.80. The molecule has 0 amide bonds. The number of halogens is 1. The van der Waals surface area contributed by atoms with Gasteiger partial charge in [-0.25, -0.2) is 0 Å². The van der Waals surface area contributed by atoms with Crippen molar-refractivity contribution in [2.45, 2.75) is 123 Å². The molecule has 4 aliphatic carbocycles. The molecule has 41 heavy (non-hydrogen) atoms. The van der Waals surface area contributed by atoms with E-state index in [1.807, 2.05) is 12.1 Å². The van der Waals surface area contributed by atoms with E-state index in [9.17, 15) is 0 Å². The van der Waals surface area contributed by atoms with E-state index in [1.54, 1.807) is 0 Å². The van der Waals surface area contributed by atoms with Gasteiger partial charge in [0.05, 0.1) is 6.10 Å². The number of benzene rings is 1. The van der Waals surface area contributed by atoms with E-state index in [1.165, 1.54) is 63.4 Å². The van der Waals surface area contributed by atoms with Crippen LogP contribution in [-0.4, -0.2) is 37.5 Å². The van der Waals surface area contributed by atoms with E-state index < -0.39 is 0 Å². The van der Waals surface area contributed by atoms with Gasteiger partial charge in [-0.05, 0) is 122 Å². The molecule has 0 spiro atoms. The Labute approximate surface area is 255 Å². The Bertz CT molecular complexity index is 1030. The van der Waals surface area contributed by atoms with Gasteiger partial charge in [0.1, 0.15) is 6.23 Å². The zero-order valence-electron chi connectivity index (χ0n) is 26.5. The average Bonchev–Trinajstić information content (AvgIpc) is 3.44. The lowest BCUT2D eigenvalue weighted by atomic mass is 9.44. The molecular weight excluding hydrogens is 526 g/mol. The summed E-state index contributed by atoms with van der Waals surface area (Å²) >= 11 is 6.06. The second-order valence-corrected chi connectivity index (χ2v) is 16.2. The molecule has 230 valence electrons. The second kappa shape index (κ2) is 12.0. The predicted octanol–water partition coefficient (Wildman–Crippen LogP) is 7.43. The van der Waals surface area contributed by atoms with Gasteiger partial charge in [-0.15, -0.1) is 0 Å². The summed E-state index contributed by atoms with van der Waals surface area (Å²) in [5, 5.41) is 8.51. The Hall–Kier alpha value is -0.650. The molecule has 5 aliphatic rings. The van der Waals surface area contributed by atoms with Gasteiger partial charge in [-0.2, -0.15) is 0 Å². The van der Waals surface area contributed by atoms with Gasteiger partial charge < -0.3 is 15.8 Å². The zero-order chi connectivity index (χ0) is 28.9. The van der Waals surface area contributed by atoms with Gasteiger partial charge in [0.25, 0.3) is 0 Å². The van der Waals surface area contributed by atoms with Crippen LogP contribution in [0, 0.1) is 52.3 Å². The summed E-state index contributed by atoms with van der Waals surface area (Å²) in [6.07, 6.45) is 13.9. The minimum Gasteiger partial charge on any atom is -0.360 e. The lowest BCUT2D eigenvalue weighted by Gasteiger charge is -2.61. The molecule has 0 radical (unpaired) electrons. The first-order valence-corrected chi connectivity index (χ1v) is 17.6. The highest BCUT2D eigenvalue weighted by molar-refractivity contribution is 6.30. The number of hydrogen-bond donors (Lipinski definition) is 3. The summed E-state index contributed by atoms with van der Waals surface area (Å²) < 4.78 is 6.83. The zero-order valence-corrected chi connectivity index (χ0v) is 27.3. The fraction of sp³-hybridized carbons (Fsp3) is 0.833. The molecule has 1 aromatic carbocycles. The first kappa shape index (κ1) is 30.4. The largest absolute Gasteiger partial charge is 0.360 e. The monoisotopic (exact) mass is 583 g/mol. The third-order valence-electron chi connectivity index (χ3n) is 13.6. The molecule has 13 atom stereocenters. The van der Waals surface area contributed by atoms with Crippen LogP contribution in [0.5, 0.6) is 0 Å². The Balaban J connectivity index is 1.04. The van der Waals surface area contributed by atoms with Crippen molar-refractivity contribution < 1.29 is 4.74 Å². The average molecular weight is 584 g/mol. The van der Waals surface area contributed by atoms with Crippen LogP contribution in [0.3, 0.4) is 0 Å². The maximum absolute atomic E-state index is 6.83. The van der Waals surface area contributed by atoms with Gasteiger partial charge in [0, 0.05) is 36.1 Å². The molecule has 1 heterocycles. The Kier molecular flexibility index (Phi) is 8.92. The van der Waals surface area contributed by atoms with Crippen molar-refractivity contribution in [1.29, 1.82) is 0 Å². The number of nitrogens with two attached hydrogens (primary N) is 1. The number of rotatable bonds is 9. The molecule has 1 aliphatic heterocycles. The molecular formula is C36H58ClN3O. The maximum Gasteiger partial charge on any atom is 0.111 e. The maximum atomic E-state index is 6.83. The van der Waals surface area contributed by atoms with Gasteiger partial charge in [0.2, 0.25) is 0 Å². The Morgan fingerprint density at radius 3 is 2.49 bits per heavy atom. The number of nitrogens with one attached hydrogen (secondary N) is 2. The highest BCUT2D eigenvalue weighted by Crippen LogP contribution is 2.69. The molecule has 0 bridgehead atoms. The lowest BCUT2D eigenvalue weighted by Crippen LogP contribution is -2.56. The number of hydrogen-bond acceptors (Lipinski definition) is 4. The van der Waals surface area contributed by atoms with Crippen molar-refractivity contribution in [1.82, 2.24) is 10.6 Å². The van der Waals surface area contributed by atoms with Crippen LogP contribution in [0.25, 0.3) is 0 Å². The first-order chi connectivity index (χ1) is 19.6. The van der Waals surface area contributed by atoms with E-state index in [4.69, 9.17) is 22.1 Å². The quantitative estimate of drug-likeness (QED) is 0.283. The van der Waals surface area contributed by atoms with Crippen molar-refractivity contribution >= 4 is 11.6 Å². The third kappa shape index (κ3) is 5.68. The van der Waals surface area contributed by atoms with Crippen LogP contribution in [0.1, 0.15) is 98.0 Å². The number of ether oxygens (including phenoxy) is 1. The van der Waals surface area contributed by atoms with Gasteiger partial charge in [-0.1, -0.05) is 64.8 Å². The molecule has 4 N–H and O–H groups in total. The van der Waals surface area contributed by atoms with E-state index >= 15 is 0 Å². The van der Waals surface area contributed by atoms with Gasteiger partial charge in [-0.3, -0.25) is 5.32 Å². The van der Waals surface area contributed by atoms with Crippen molar-refractivity contribution in [3.63, 3.8) is 0 Å². The molecule has 5 fully saturated rings. The third-order valence-corrected chi connectivity index (χ3v) is 13.8. The first-order valence-electron chi connectivity index (χ1n) is 17.2. The summed E-state index contributed by atoms with van der Waals surface area (Å²) in [6, 6.07) is 8.92. The Morgan fingerprint density at radius 2 is 1.73 bits per heavy atom. The molecule has 0 aromatic heterocycles. The van der Waals surface area contributed by atoms with Crippen LogP contribution in [-0.2, 0) is 11.2 Å². The molecule has 1 aromatic rings. The van der Waals surface area contributed by atoms with Crippen molar-refractivity contribution in [2.75, 3.05) is 13.1 Å². The van der Waals surface area contributed by atoms with Crippen LogP contribution in [0.4, 0.5) is 0 Å². The fourth-order valence-corrected chi connectivity index (χ4v) is 11.2. The Morgan fingerprint density at radius 1 is 0.976 bits per heavy atom. The summed E-state index contributed by atoms with van der Waals surface area (Å²) in [6.45, 7) is 14.5. The van der Waals surface area contributed by atoms with Crippen molar-refractivity contribution in [2.24, 2.45) is 58.0 Å². The summed E-state index contributed by atoms with van der Waals surface area (Å²) in [7, 11) is 0.